The largest absolute Gasteiger partial charge is 0.483 e. The van der Waals surface area contributed by atoms with Crippen molar-refractivity contribution >= 4 is 22.8 Å². The Morgan fingerprint density at radius 2 is 1.79 bits per heavy atom. The molecule has 0 radical (unpaired) electrons. The molecule has 2 aromatic carbocycles. The van der Waals surface area contributed by atoms with Gasteiger partial charge in [-0.15, -0.1) is 0 Å². The Bertz CT molecular complexity index is 1130. The van der Waals surface area contributed by atoms with Gasteiger partial charge in [-0.25, -0.2) is 4.98 Å². The van der Waals surface area contributed by atoms with E-state index in [2.05, 4.69) is 10.3 Å². The molecule has 1 aliphatic rings. The van der Waals surface area contributed by atoms with Crippen LogP contribution in [0.2, 0.25) is 0 Å². The predicted molar refractivity (Wildman–Crippen MR) is 128 cm³/mol. The molecular formula is C26H32N4O3. The van der Waals surface area contributed by atoms with E-state index in [0.717, 1.165) is 48.1 Å². The number of carbonyl (C=O) groups is 2. The summed E-state index contributed by atoms with van der Waals surface area (Å²) in [6.45, 7) is 5.96. The van der Waals surface area contributed by atoms with Crippen molar-refractivity contribution in [2.45, 2.75) is 52.6 Å². The van der Waals surface area contributed by atoms with Crippen LogP contribution in [-0.2, 0) is 22.7 Å². The van der Waals surface area contributed by atoms with Crippen molar-refractivity contribution in [1.29, 1.82) is 0 Å². The van der Waals surface area contributed by atoms with Gasteiger partial charge in [-0.05, 0) is 56.0 Å². The Kier molecular flexibility index (Phi) is 7.27. The highest BCUT2D eigenvalue weighted by molar-refractivity contribution is 5.81. The van der Waals surface area contributed by atoms with E-state index < -0.39 is 0 Å². The molecule has 1 saturated heterocycles. The molecule has 7 nitrogen and oxygen atoms in total. The molecule has 1 aromatic heterocycles. The van der Waals surface area contributed by atoms with Crippen molar-refractivity contribution in [3.8, 4) is 5.75 Å². The number of hydrogen-bond acceptors (Lipinski definition) is 4. The Balaban J connectivity index is 1.43. The van der Waals surface area contributed by atoms with E-state index in [9.17, 15) is 9.59 Å². The molecule has 1 fully saturated rings. The van der Waals surface area contributed by atoms with Gasteiger partial charge in [-0.2, -0.15) is 0 Å². The standard InChI is InChI=1S/C26H32N4O3/c1-19-11-12-20(2)23(15-19)33-18-25(31)27-16-24-28-21-9-5-6-10-22(21)30(24)17-26(32)29-13-7-3-4-8-14-29/h5-6,9-12,15H,3-4,7-8,13-14,16-18H2,1-2H3,(H,27,31). The Labute approximate surface area is 194 Å². The lowest BCUT2D eigenvalue weighted by molar-refractivity contribution is -0.131. The molecule has 0 atom stereocenters. The molecule has 0 bridgehead atoms. The first kappa shape index (κ1) is 22.8. The first-order valence-corrected chi connectivity index (χ1v) is 11.7. The van der Waals surface area contributed by atoms with E-state index in [1.807, 2.05) is 65.8 Å². The van der Waals surface area contributed by atoms with Crippen molar-refractivity contribution in [3.05, 3.63) is 59.4 Å². The molecule has 0 aliphatic carbocycles. The molecule has 4 rings (SSSR count). The average Bonchev–Trinajstić information content (AvgIpc) is 2.97. The highest BCUT2D eigenvalue weighted by Gasteiger charge is 2.19. The summed E-state index contributed by atoms with van der Waals surface area (Å²) in [7, 11) is 0. The minimum Gasteiger partial charge on any atom is -0.483 e. The number of hydrogen-bond donors (Lipinski definition) is 1. The zero-order valence-corrected chi connectivity index (χ0v) is 19.5. The maximum Gasteiger partial charge on any atom is 0.258 e. The van der Waals surface area contributed by atoms with Gasteiger partial charge in [0.2, 0.25) is 5.91 Å². The van der Waals surface area contributed by atoms with Crippen LogP contribution in [-0.4, -0.2) is 46.0 Å². The zero-order chi connectivity index (χ0) is 23.2. The van der Waals surface area contributed by atoms with E-state index in [1.165, 1.54) is 12.8 Å². The monoisotopic (exact) mass is 448 g/mol. The summed E-state index contributed by atoms with van der Waals surface area (Å²) in [4.78, 5) is 32.2. The van der Waals surface area contributed by atoms with E-state index in [4.69, 9.17) is 4.74 Å². The molecule has 2 heterocycles. The van der Waals surface area contributed by atoms with Crippen molar-refractivity contribution in [2.24, 2.45) is 0 Å². The smallest absolute Gasteiger partial charge is 0.258 e. The van der Waals surface area contributed by atoms with Crippen LogP contribution in [0.4, 0.5) is 0 Å². The molecule has 0 spiro atoms. The quantitative estimate of drug-likeness (QED) is 0.597. The number of nitrogens with one attached hydrogen (secondary N) is 1. The summed E-state index contributed by atoms with van der Waals surface area (Å²) >= 11 is 0. The van der Waals surface area contributed by atoms with E-state index in [0.29, 0.717) is 11.6 Å². The Morgan fingerprint density at radius 1 is 1.03 bits per heavy atom. The molecule has 0 unspecified atom stereocenters. The highest BCUT2D eigenvalue weighted by Crippen LogP contribution is 2.20. The van der Waals surface area contributed by atoms with Crippen LogP contribution < -0.4 is 10.1 Å². The van der Waals surface area contributed by atoms with Gasteiger partial charge in [0, 0.05) is 13.1 Å². The van der Waals surface area contributed by atoms with E-state index >= 15 is 0 Å². The van der Waals surface area contributed by atoms with Crippen molar-refractivity contribution in [1.82, 2.24) is 19.8 Å². The SMILES string of the molecule is Cc1ccc(C)c(OCC(=O)NCc2nc3ccccc3n2CC(=O)N2CCCCCC2)c1. The van der Waals surface area contributed by atoms with Crippen LogP contribution in [0, 0.1) is 13.8 Å². The maximum absolute atomic E-state index is 13.0. The van der Waals surface area contributed by atoms with E-state index in [-0.39, 0.29) is 31.5 Å². The van der Waals surface area contributed by atoms with Gasteiger partial charge in [-0.1, -0.05) is 37.1 Å². The van der Waals surface area contributed by atoms with Crippen molar-refractivity contribution < 1.29 is 14.3 Å². The number of imidazole rings is 1. The molecule has 3 aromatic rings. The fourth-order valence-electron chi connectivity index (χ4n) is 4.23. The molecule has 2 amide bonds. The lowest BCUT2D eigenvalue weighted by atomic mass is 10.1. The number of benzene rings is 2. The first-order chi connectivity index (χ1) is 16.0. The summed E-state index contributed by atoms with van der Waals surface area (Å²) in [6.07, 6.45) is 4.47. The van der Waals surface area contributed by atoms with Crippen molar-refractivity contribution in [2.75, 3.05) is 19.7 Å². The zero-order valence-electron chi connectivity index (χ0n) is 19.5. The number of rotatable bonds is 7. The summed E-state index contributed by atoms with van der Waals surface area (Å²) in [5.74, 6) is 1.25. The number of carbonyl (C=O) groups excluding carboxylic acids is 2. The summed E-state index contributed by atoms with van der Waals surface area (Å²) in [6, 6.07) is 13.7. The summed E-state index contributed by atoms with van der Waals surface area (Å²) in [5, 5.41) is 2.90. The first-order valence-electron chi connectivity index (χ1n) is 11.7. The molecule has 7 heteroatoms. The molecule has 1 N–H and O–H groups in total. The third-order valence-corrected chi connectivity index (χ3v) is 6.13. The van der Waals surface area contributed by atoms with Gasteiger partial charge < -0.3 is 19.5 Å². The number of amides is 2. The lowest BCUT2D eigenvalue weighted by Crippen LogP contribution is -2.35. The second-order valence-electron chi connectivity index (χ2n) is 8.73. The molecule has 174 valence electrons. The predicted octanol–water partition coefficient (Wildman–Crippen LogP) is 3.75. The summed E-state index contributed by atoms with van der Waals surface area (Å²) < 4.78 is 7.64. The lowest BCUT2D eigenvalue weighted by Gasteiger charge is -2.21. The topological polar surface area (TPSA) is 76.5 Å². The van der Waals surface area contributed by atoms with Crippen LogP contribution in [0.15, 0.2) is 42.5 Å². The van der Waals surface area contributed by atoms with Crippen LogP contribution in [0.5, 0.6) is 5.75 Å². The number of aryl methyl sites for hydroxylation is 2. The van der Waals surface area contributed by atoms with Crippen LogP contribution in [0.25, 0.3) is 11.0 Å². The van der Waals surface area contributed by atoms with E-state index in [1.54, 1.807) is 0 Å². The number of fused-ring (bicyclic) bond motifs is 1. The van der Waals surface area contributed by atoms with Gasteiger partial charge >= 0.3 is 0 Å². The molecule has 33 heavy (non-hydrogen) atoms. The van der Waals surface area contributed by atoms with Crippen LogP contribution in [0.3, 0.4) is 0 Å². The van der Waals surface area contributed by atoms with Crippen LogP contribution >= 0.6 is 0 Å². The van der Waals surface area contributed by atoms with Gasteiger partial charge in [0.15, 0.2) is 6.61 Å². The fourth-order valence-corrected chi connectivity index (χ4v) is 4.23. The van der Waals surface area contributed by atoms with Gasteiger partial charge in [0.25, 0.3) is 5.91 Å². The third-order valence-electron chi connectivity index (χ3n) is 6.13. The summed E-state index contributed by atoms with van der Waals surface area (Å²) in [5.41, 5.74) is 3.79. The minimum atomic E-state index is -0.228. The second-order valence-corrected chi connectivity index (χ2v) is 8.73. The van der Waals surface area contributed by atoms with Gasteiger partial charge in [0.1, 0.15) is 18.1 Å². The maximum atomic E-state index is 13.0. The second kappa shape index (κ2) is 10.5. The molecular weight excluding hydrogens is 416 g/mol. The number of nitrogens with zero attached hydrogens (tertiary/aromatic N) is 3. The average molecular weight is 449 g/mol. The highest BCUT2D eigenvalue weighted by atomic mass is 16.5. The normalized spacial score (nSPS) is 14.2. The Morgan fingerprint density at radius 3 is 2.58 bits per heavy atom. The molecule has 1 aliphatic heterocycles. The number of para-hydroxylation sites is 2. The number of ether oxygens (including phenoxy) is 1. The fraction of sp³-hybridized carbons (Fsp3) is 0.423. The third kappa shape index (κ3) is 5.72. The van der Waals surface area contributed by atoms with Crippen LogP contribution in [0.1, 0.15) is 42.6 Å². The minimum absolute atomic E-state index is 0.0722. The van der Waals surface area contributed by atoms with Gasteiger partial charge in [-0.3, -0.25) is 9.59 Å². The van der Waals surface area contributed by atoms with Crippen molar-refractivity contribution in [3.63, 3.8) is 0 Å². The molecule has 0 saturated carbocycles. The number of likely N-dealkylation sites (tertiary alicyclic amines) is 1. The van der Waals surface area contributed by atoms with Gasteiger partial charge in [0.05, 0.1) is 17.6 Å². The number of aromatic nitrogens is 2. The Hall–Kier alpha value is -3.35.